The number of carbonyl (C=O) groups is 1. The number of hydrogen-bond donors (Lipinski definition) is 0. The number of unbranched alkanes of at least 4 members (excludes halogenated alkanes) is 1. The standard InChI is InChI=1S/C16H17NO/c1-2-3-4-5-6-7-8-10-13-16(18)17-14-11-9-12-15-17/h1,7-8,10-11,13-14H,5-6,9,12,15H2. The van der Waals surface area contributed by atoms with Crippen LogP contribution in [0.3, 0.4) is 0 Å². The zero-order chi connectivity index (χ0) is 13.1. The van der Waals surface area contributed by atoms with Gasteiger partial charge in [0.05, 0.1) is 0 Å². The summed E-state index contributed by atoms with van der Waals surface area (Å²) in [5.41, 5.74) is 0. The molecule has 0 bridgehead atoms. The minimum atomic E-state index is 0.0303. The van der Waals surface area contributed by atoms with Crippen molar-refractivity contribution in [1.82, 2.24) is 4.90 Å². The summed E-state index contributed by atoms with van der Waals surface area (Å²) in [6.07, 6.45) is 19.8. The van der Waals surface area contributed by atoms with E-state index < -0.39 is 0 Å². The van der Waals surface area contributed by atoms with Gasteiger partial charge in [0, 0.05) is 25.2 Å². The van der Waals surface area contributed by atoms with Crippen LogP contribution >= 0.6 is 0 Å². The van der Waals surface area contributed by atoms with Crippen molar-refractivity contribution in [3.63, 3.8) is 0 Å². The van der Waals surface area contributed by atoms with Crippen LogP contribution in [0.4, 0.5) is 0 Å². The van der Waals surface area contributed by atoms with Crippen LogP contribution in [0.1, 0.15) is 25.7 Å². The van der Waals surface area contributed by atoms with E-state index in [0.717, 1.165) is 32.2 Å². The summed E-state index contributed by atoms with van der Waals surface area (Å²) in [4.78, 5) is 13.4. The van der Waals surface area contributed by atoms with Crippen molar-refractivity contribution in [3.8, 4) is 24.2 Å². The van der Waals surface area contributed by atoms with Crippen molar-refractivity contribution in [3.05, 3.63) is 36.6 Å². The molecule has 0 unspecified atom stereocenters. The first-order chi connectivity index (χ1) is 8.84. The number of allylic oxidation sites excluding steroid dienone is 4. The van der Waals surface area contributed by atoms with Crippen molar-refractivity contribution in [1.29, 1.82) is 0 Å². The van der Waals surface area contributed by atoms with Gasteiger partial charge in [-0.15, -0.1) is 6.42 Å². The Hall–Kier alpha value is -2.19. The van der Waals surface area contributed by atoms with E-state index in [4.69, 9.17) is 6.42 Å². The first-order valence-corrected chi connectivity index (χ1v) is 6.08. The molecule has 2 heteroatoms. The average Bonchev–Trinajstić information content (AvgIpc) is 2.42. The van der Waals surface area contributed by atoms with Crippen LogP contribution in [0.15, 0.2) is 36.6 Å². The highest BCUT2D eigenvalue weighted by atomic mass is 16.2. The van der Waals surface area contributed by atoms with E-state index in [1.807, 2.05) is 24.4 Å². The molecule has 2 nitrogen and oxygen atoms in total. The van der Waals surface area contributed by atoms with E-state index in [9.17, 15) is 4.79 Å². The van der Waals surface area contributed by atoms with Crippen LogP contribution in [0.5, 0.6) is 0 Å². The fourth-order valence-corrected chi connectivity index (χ4v) is 1.52. The highest BCUT2D eigenvalue weighted by molar-refractivity contribution is 5.88. The largest absolute Gasteiger partial charge is 0.316 e. The van der Waals surface area contributed by atoms with E-state index in [2.05, 4.69) is 17.8 Å². The maximum atomic E-state index is 11.7. The van der Waals surface area contributed by atoms with Gasteiger partial charge in [-0.25, -0.2) is 0 Å². The van der Waals surface area contributed by atoms with Crippen LogP contribution < -0.4 is 0 Å². The maximum Gasteiger partial charge on any atom is 0.250 e. The predicted molar refractivity (Wildman–Crippen MR) is 74.2 cm³/mol. The lowest BCUT2D eigenvalue weighted by Gasteiger charge is -2.19. The lowest BCUT2D eigenvalue weighted by molar-refractivity contribution is -0.123. The molecule has 0 fully saturated rings. The van der Waals surface area contributed by atoms with Crippen LogP contribution in [0.2, 0.25) is 0 Å². The molecule has 0 aromatic carbocycles. The topological polar surface area (TPSA) is 20.3 Å². The number of terminal acetylenes is 1. The molecule has 1 heterocycles. The Labute approximate surface area is 109 Å². The molecule has 0 atom stereocenters. The summed E-state index contributed by atoms with van der Waals surface area (Å²) < 4.78 is 0. The Balaban J connectivity index is 2.25. The van der Waals surface area contributed by atoms with Gasteiger partial charge in [0.15, 0.2) is 0 Å². The van der Waals surface area contributed by atoms with Crippen molar-refractivity contribution >= 4 is 5.91 Å². The molecule has 0 saturated heterocycles. The van der Waals surface area contributed by atoms with E-state index >= 15 is 0 Å². The monoisotopic (exact) mass is 239 g/mol. The van der Waals surface area contributed by atoms with Gasteiger partial charge in [0.25, 0.3) is 0 Å². The second-order valence-electron chi connectivity index (χ2n) is 3.83. The zero-order valence-electron chi connectivity index (χ0n) is 10.4. The fraction of sp³-hybridized carbons (Fsp3) is 0.312. The quantitative estimate of drug-likeness (QED) is 0.320. The SMILES string of the molecule is C#CC#CCCC=CC=CC(=O)N1C=CCCC1. The van der Waals surface area contributed by atoms with Crippen molar-refractivity contribution in [2.24, 2.45) is 0 Å². The van der Waals surface area contributed by atoms with E-state index in [0.29, 0.717) is 0 Å². The van der Waals surface area contributed by atoms with E-state index in [1.165, 1.54) is 0 Å². The second kappa shape index (κ2) is 8.90. The summed E-state index contributed by atoms with van der Waals surface area (Å²) in [6, 6.07) is 0. The lowest BCUT2D eigenvalue weighted by atomic mass is 10.2. The molecule has 0 N–H and O–H groups in total. The normalized spacial score (nSPS) is 14.5. The minimum Gasteiger partial charge on any atom is -0.316 e. The maximum absolute atomic E-state index is 11.7. The molecule has 0 aromatic rings. The summed E-state index contributed by atoms with van der Waals surface area (Å²) >= 11 is 0. The number of nitrogens with zero attached hydrogens (tertiary/aromatic N) is 1. The second-order valence-corrected chi connectivity index (χ2v) is 3.83. The molecule has 1 amide bonds. The van der Waals surface area contributed by atoms with E-state index in [1.54, 1.807) is 17.1 Å². The minimum absolute atomic E-state index is 0.0303. The van der Waals surface area contributed by atoms with Gasteiger partial charge < -0.3 is 4.90 Å². The summed E-state index contributed by atoms with van der Waals surface area (Å²) in [7, 11) is 0. The van der Waals surface area contributed by atoms with Crippen LogP contribution in [0.25, 0.3) is 0 Å². The molecular formula is C16H17NO. The van der Waals surface area contributed by atoms with Gasteiger partial charge in [0.2, 0.25) is 5.91 Å². The smallest absolute Gasteiger partial charge is 0.250 e. The Morgan fingerprint density at radius 2 is 2.33 bits per heavy atom. The fourth-order valence-electron chi connectivity index (χ4n) is 1.52. The van der Waals surface area contributed by atoms with Gasteiger partial charge in [-0.2, -0.15) is 0 Å². The Morgan fingerprint density at radius 3 is 3.06 bits per heavy atom. The van der Waals surface area contributed by atoms with Gasteiger partial charge in [-0.1, -0.05) is 30.2 Å². The first kappa shape index (κ1) is 13.9. The summed E-state index contributed by atoms with van der Waals surface area (Å²) in [5.74, 6) is 7.69. The molecule has 92 valence electrons. The molecule has 1 rings (SSSR count). The molecule has 0 aliphatic carbocycles. The molecule has 0 spiro atoms. The third kappa shape index (κ3) is 5.77. The molecular weight excluding hydrogens is 222 g/mol. The Bertz CT molecular complexity index is 452. The first-order valence-electron chi connectivity index (χ1n) is 6.08. The number of amides is 1. The average molecular weight is 239 g/mol. The number of hydrogen-bond acceptors (Lipinski definition) is 1. The van der Waals surface area contributed by atoms with Gasteiger partial charge >= 0.3 is 0 Å². The molecule has 0 radical (unpaired) electrons. The van der Waals surface area contributed by atoms with Crippen molar-refractivity contribution in [2.45, 2.75) is 25.7 Å². The molecule has 0 aromatic heterocycles. The van der Waals surface area contributed by atoms with E-state index in [-0.39, 0.29) is 5.91 Å². The highest BCUT2D eigenvalue weighted by Gasteiger charge is 2.08. The molecule has 1 aliphatic rings. The van der Waals surface area contributed by atoms with Gasteiger partial charge in [0.1, 0.15) is 0 Å². The molecule has 18 heavy (non-hydrogen) atoms. The van der Waals surface area contributed by atoms with Gasteiger partial charge in [-0.3, -0.25) is 4.79 Å². The molecule has 1 aliphatic heterocycles. The molecule has 0 saturated carbocycles. The predicted octanol–water partition coefficient (Wildman–Crippen LogP) is 2.65. The Kier molecular flexibility index (Phi) is 6.86. The summed E-state index contributed by atoms with van der Waals surface area (Å²) in [5, 5.41) is 0. The lowest BCUT2D eigenvalue weighted by Crippen LogP contribution is -2.26. The van der Waals surface area contributed by atoms with Gasteiger partial charge in [-0.05, 0) is 31.1 Å². The number of carbonyl (C=O) groups excluding carboxylic acids is 1. The summed E-state index contributed by atoms with van der Waals surface area (Å²) in [6.45, 7) is 0.811. The van der Waals surface area contributed by atoms with Crippen molar-refractivity contribution in [2.75, 3.05) is 6.54 Å². The third-order valence-corrected chi connectivity index (χ3v) is 2.42. The van der Waals surface area contributed by atoms with Crippen LogP contribution in [-0.2, 0) is 4.79 Å². The zero-order valence-corrected chi connectivity index (χ0v) is 10.4. The number of rotatable bonds is 4. The van der Waals surface area contributed by atoms with Crippen LogP contribution in [-0.4, -0.2) is 17.4 Å². The van der Waals surface area contributed by atoms with Crippen molar-refractivity contribution < 1.29 is 4.79 Å². The highest BCUT2D eigenvalue weighted by Crippen LogP contribution is 2.06. The van der Waals surface area contributed by atoms with Crippen LogP contribution in [0, 0.1) is 24.2 Å². The third-order valence-electron chi connectivity index (χ3n) is 2.42. The Morgan fingerprint density at radius 1 is 1.44 bits per heavy atom.